The van der Waals surface area contributed by atoms with Crippen molar-refractivity contribution >= 4 is 45.7 Å². The summed E-state index contributed by atoms with van der Waals surface area (Å²) in [4.78, 5) is 11.6. The Hall–Kier alpha value is -1.97. The highest BCUT2D eigenvalue weighted by Gasteiger charge is 2.45. The topological polar surface area (TPSA) is 88.3 Å². The molecule has 2 saturated heterocycles. The molecular weight excluding hydrogens is 475 g/mol. The molecule has 3 fully saturated rings. The van der Waals surface area contributed by atoms with E-state index >= 15 is 0 Å². The van der Waals surface area contributed by atoms with Crippen LogP contribution >= 0.6 is 23.2 Å². The lowest BCUT2D eigenvalue weighted by Crippen LogP contribution is -2.56. The Kier molecular flexibility index (Phi) is 5.69. The van der Waals surface area contributed by atoms with Crippen molar-refractivity contribution in [3.8, 4) is 0 Å². The second-order valence-electron chi connectivity index (χ2n) is 9.93. The molecule has 1 aliphatic carbocycles. The number of rotatable bonds is 5. The molecule has 4 heterocycles. The first-order chi connectivity index (χ1) is 16.4. The third kappa shape index (κ3) is 3.95. The molecule has 10 heteroatoms. The number of piperidine rings is 1. The quantitative estimate of drug-likeness (QED) is 0.529. The molecule has 6 rings (SSSR count). The van der Waals surface area contributed by atoms with Crippen LogP contribution in [0.3, 0.4) is 0 Å². The maximum absolute atomic E-state index is 10.4. The van der Waals surface area contributed by atoms with Crippen molar-refractivity contribution in [1.29, 1.82) is 0 Å². The van der Waals surface area contributed by atoms with Gasteiger partial charge in [0.2, 0.25) is 5.95 Å². The van der Waals surface area contributed by atoms with Gasteiger partial charge in [-0.25, -0.2) is 14.6 Å². The van der Waals surface area contributed by atoms with E-state index in [0.29, 0.717) is 42.0 Å². The molecular formula is C24H28Cl2N6O2. The molecule has 1 saturated carbocycles. The SMILES string of the molecule is C[C@@]1(N2CCC(c3cc4nc(Nc5cnn(C6CC6)c5Cl)ncc4cc3Cl)CC2)COC[C@@H]1O. The Morgan fingerprint density at radius 3 is 2.65 bits per heavy atom. The minimum absolute atomic E-state index is 0.305. The van der Waals surface area contributed by atoms with Gasteiger partial charge in [0.15, 0.2) is 5.15 Å². The van der Waals surface area contributed by atoms with E-state index in [1.807, 2.05) is 10.7 Å². The Bertz CT molecular complexity index is 1220. The lowest BCUT2D eigenvalue weighted by Gasteiger charge is -2.43. The van der Waals surface area contributed by atoms with Gasteiger partial charge in [0.05, 0.1) is 48.3 Å². The number of aliphatic hydroxyl groups excluding tert-OH is 1. The fourth-order valence-electron chi connectivity index (χ4n) is 5.22. The number of nitrogens with zero attached hydrogens (tertiary/aromatic N) is 5. The van der Waals surface area contributed by atoms with E-state index in [4.69, 9.17) is 32.9 Å². The van der Waals surface area contributed by atoms with Crippen molar-refractivity contribution in [3.05, 3.63) is 40.3 Å². The van der Waals surface area contributed by atoms with Crippen molar-refractivity contribution in [3.63, 3.8) is 0 Å². The molecule has 0 amide bonds. The average Bonchev–Trinajstić information content (AvgIpc) is 3.54. The normalized spacial score (nSPS) is 26.4. The van der Waals surface area contributed by atoms with E-state index in [2.05, 4.69) is 33.3 Å². The van der Waals surface area contributed by atoms with Crippen molar-refractivity contribution in [2.24, 2.45) is 0 Å². The Morgan fingerprint density at radius 2 is 1.94 bits per heavy atom. The standard InChI is InChI=1S/C24H28Cl2N6O2/c1-24(13-34-12-21(24)33)31-6-4-14(5-7-31)17-9-19-15(8-18(17)25)10-27-23(29-19)30-20-11-28-32(22(20)26)16-2-3-16/h8-11,14,16,21,33H,2-7,12-13H2,1H3,(H,27,29,30)/t21-,24+/m0/s1. The van der Waals surface area contributed by atoms with E-state index in [-0.39, 0.29) is 5.54 Å². The number of likely N-dealkylation sites (tertiary alicyclic amines) is 1. The molecule has 0 radical (unpaired) electrons. The van der Waals surface area contributed by atoms with Crippen LogP contribution in [-0.4, -0.2) is 67.7 Å². The molecule has 0 spiro atoms. The first kappa shape index (κ1) is 22.5. The van der Waals surface area contributed by atoms with Gasteiger partial charge in [0.25, 0.3) is 0 Å². The second kappa shape index (κ2) is 8.60. The van der Waals surface area contributed by atoms with Crippen molar-refractivity contribution in [2.45, 2.75) is 56.2 Å². The third-order valence-electron chi connectivity index (χ3n) is 7.62. The van der Waals surface area contributed by atoms with Gasteiger partial charge in [0, 0.05) is 16.6 Å². The number of halogens is 2. The predicted molar refractivity (Wildman–Crippen MR) is 132 cm³/mol. The van der Waals surface area contributed by atoms with E-state index < -0.39 is 6.10 Å². The predicted octanol–water partition coefficient (Wildman–Crippen LogP) is 4.54. The summed E-state index contributed by atoms with van der Waals surface area (Å²) in [6.07, 6.45) is 7.24. The molecule has 2 atom stereocenters. The number of hydrogen-bond donors (Lipinski definition) is 2. The van der Waals surface area contributed by atoms with Crippen molar-refractivity contribution in [1.82, 2.24) is 24.6 Å². The van der Waals surface area contributed by atoms with Gasteiger partial charge in [-0.1, -0.05) is 23.2 Å². The van der Waals surface area contributed by atoms with Gasteiger partial charge in [-0.3, -0.25) is 4.90 Å². The first-order valence-corrected chi connectivity index (χ1v) is 12.6. The number of aliphatic hydroxyl groups is 1. The third-order valence-corrected chi connectivity index (χ3v) is 8.32. The number of ether oxygens (including phenoxy) is 1. The molecule has 180 valence electrons. The van der Waals surface area contributed by atoms with E-state index in [9.17, 15) is 5.11 Å². The van der Waals surface area contributed by atoms with Crippen LogP contribution in [0.4, 0.5) is 11.6 Å². The van der Waals surface area contributed by atoms with Crippen LogP contribution in [0, 0.1) is 0 Å². The first-order valence-electron chi connectivity index (χ1n) is 11.9. The van der Waals surface area contributed by atoms with Crippen LogP contribution in [0.2, 0.25) is 10.2 Å². The van der Waals surface area contributed by atoms with Gasteiger partial charge in [-0.2, -0.15) is 5.10 Å². The Labute approximate surface area is 208 Å². The minimum atomic E-state index is -0.444. The van der Waals surface area contributed by atoms with Crippen LogP contribution in [0.5, 0.6) is 0 Å². The molecule has 3 aromatic rings. The monoisotopic (exact) mass is 502 g/mol. The molecule has 1 aromatic carbocycles. The van der Waals surface area contributed by atoms with Gasteiger partial charge >= 0.3 is 0 Å². The van der Waals surface area contributed by atoms with Gasteiger partial charge in [0.1, 0.15) is 0 Å². The minimum Gasteiger partial charge on any atom is -0.389 e. The smallest absolute Gasteiger partial charge is 0.227 e. The fourth-order valence-corrected chi connectivity index (χ4v) is 5.83. The van der Waals surface area contributed by atoms with E-state index in [1.54, 1.807) is 12.4 Å². The molecule has 2 N–H and O–H groups in total. The number of benzene rings is 1. The van der Waals surface area contributed by atoms with Crippen molar-refractivity contribution < 1.29 is 9.84 Å². The fraction of sp³-hybridized carbons (Fsp3) is 0.542. The van der Waals surface area contributed by atoms with Gasteiger partial charge in [-0.15, -0.1) is 0 Å². The van der Waals surface area contributed by atoms with Gasteiger partial charge in [-0.05, 0) is 69.3 Å². The molecule has 34 heavy (non-hydrogen) atoms. The van der Waals surface area contributed by atoms with Crippen LogP contribution in [-0.2, 0) is 4.74 Å². The zero-order chi connectivity index (χ0) is 23.4. The second-order valence-corrected chi connectivity index (χ2v) is 10.7. The van der Waals surface area contributed by atoms with Crippen LogP contribution in [0.25, 0.3) is 10.9 Å². The van der Waals surface area contributed by atoms with Crippen LogP contribution < -0.4 is 5.32 Å². The largest absolute Gasteiger partial charge is 0.389 e. The average molecular weight is 503 g/mol. The summed E-state index contributed by atoms with van der Waals surface area (Å²) in [7, 11) is 0. The summed E-state index contributed by atoms with van der Waals surface area (Å²) in [5, 5.41) is 20.2. The molecule has 0 bridgehead atoms. The number of nitrogens with one attached hydrogen (secondary N) is 1. The molecule has 2 aliphatic heterocycles. The highest BCUT2D eigenvalue weighted by molar-refractivity contribution is 6.32. The molecule has 2 aromatic heterocycles. The summed E-state index contributed by atoms with van der Waals surface area (Å²) < 4.78 is 7.39. The highest BCUT2D eigenvalue weighted by Crippen LogP contribution is 2.40. The maximum Gasteiger partial charge on any atom is 0.227 e. The van der Waals surface area contributed by atoms with Crippen LogP contribution in [0.1, 0.15) is 50.1 Å². The Balaban J connectivity index is 1.21. The number of hydrogen-bond acceptors (Lipinski definition) is 7. The van der Waals surface area contributed by atoms with Crippen molar-refractivity contribution in [2.75, 3.05) is 31.6 Å². The summed E-state index contributed by atoms with van der Waals surface area (Å²) in [6, 6.07) is 4.45. The zero-order valence-corrected chi connectivity index (χ0v) is 20.6. The highest BCUT2D eigenvalue weighted by atomic mass is 35.5. The number of aromatic nitrogens is 4. The molecule has 3 aliphatic rings. The summed E-state index contributed by atoms with van der Waals surface area (Å²) in [6.45, 7) is 4.88. The molecule has 8 nitrogen and oxygen atoms in total. The Morgan fingerprint density at radius 1 is 1.15 bits per heavy atom. The molecule has 0 unspecified atom stereocenters. The lowest BCUT2D eigenvalue weighted by molar-refractivity contribution is -0.00211. The number of anilines is 2. The van der Waals surface area contributed by atoms with Crippen LogP contribution in [0.15, 0.2) is 24.5 Å². The zero-order valence-electron chi connectivity index (χ0n) is 19.0. The summed E-state index contributed by atoms with van der Waals surface area (Å²) >= 11 is 13.2. The van der Waals surface area contributed by atoms with E-state index in [0.717, 1.165) is 60.3 Å². The lowest BCUT2D eigenvalue weighted by atomic mass is 9.85. The summed E-state index contributed by atoms with van der Waals surface area (Å²) in [5.74, 6) is 0.824. The van der Waals surface area contributed by atoms with E-state index in [1.165, 1.54) is 0 Å². The number of fused-ring (bicyclic) bond motifs is 1. The maximum atomic E-state index is 10.4. The van der Waals surface area contributed by atoms with Gasteiger partial charge < -0.3 is 15.2 Å². The summed E-state index contributed by atoms with van der Waals surface area (Å²) in [5.41, 5.74) is 2.37.